The molecule has 1 aromatic rings. The van der Waals surface area contributed by atoms with Gasteiger partial charge in [0.05, 0.1) is 12.0 Å². The average molecular weight is 304 g/mol. The number of aromatic hydroxyl groups is 1. The summed E-state index contributed by atoms with van der Waals surface area (Å²) in [5, 5.41) is 19.4. The summed E-state index contributed by atoms with van der Waals surface area (Å²) in [5.74, 6) is 0.237. The predicted molar refractivity (Wildman–Crippen MR) is 83.3 cm³/mol. The Morgan fingerprint density at radius 2 is 1.95 bits per heavy atom. The van der Waals surface area contributed by atoms with Crippen LogP contribution in [0.15, 0.2) is 24.3 Å². The molecular formula is C17H24N2O3. The zero-order chi connectivity index (χ0) is 15.5. The Labute approximate surface area is 131 Å². The van der Waals surface area contributed by atoms with Gasteiger partial charge in [0.1, 0.15) is 5.75 Å². The molecule has 2 N–H and O–H groups in total. The van der Waals surface area contributed by atoms with Crippen LogP contribution in [0.4, 0.5) is 0 Å². The summed E-state index contributed by atoms with van der Waals surface area (Å²) in [6, 6.07) is 7.32. The SMILES string of the molecule is O=C(C1CCCC1O)N1CCN(Cc2cccc(O)c2)CC1. The normalized spacial score (nSPS) is 26.3. The van der Waals surface area contributed by atoms with E-state index in [0.29, 0.717) is 5.75 Å². The molecule has 1 aromatic carbocycles. The van der Waals surface area contributed by atoms with Crippen molar-refractivity contribution < 1.29 is 15.0 Å². The van der Waals surface area contributed by atoms with E-state index in [9.17, 15) is 15.0 Å². The van der Waals surface area contributed by atoms with E-state index in [1.54, 1.807) is 12.1 Å². The van der Waals surface area contributed by atoms with Crippen molar-refractivity contribution in [3.8, 4) is 5.75 Å². The van der Waals surface area contributed by atoms with Crippen molar-refractivity contribution in [2.45, 2.75) is 31.9 Å². The van der Waals surface area contributed by atoms with E-state index < -0.39 is 6.10 Å². The molecule has 1 aliphatic heterocycles. The molecule has 1 aliphatic carbocycles. The highest BCUT2D eigenvalue weighted by Gasteiger charge is 2.35. The fourth-order valence-electron chi connectivity index (χ4n) is 3.50. The minimum atomic E-state index is -0.446. The Kier molecular flexibility index (Phi) is 4.64. The van der Waals surface area contributed by atoms with Crippen LogP contribution in [0.1, 0.15) is 24.8 Å². The van der Waals surface area contributed by atoms with Crippen LogP contribution in [-0.4, -0.2) is 58.2 Å². The molecule has 1 amide bonds. The van der Waals surface area contributed by atoms with Crippen LogP contribution in [0.2, 0.25) is 0 Å². The Balaban J connectivity index is 1.51. The Morgan fingerprint density at radius 1 is 1.18 bits per heavy atom. The topological polar surface area (TPSA) is 64.0 Å². The highest BCUT2D eigenvalue weighted by Crippen LogP contribution is 2.27. The van der Waals surface area contributed by atoms with E-state index >= 15 is 0 Å². The zero-order valence-corrected chi connectivity index (χ0v) is 12.8. The number of hydrogen-bond donors (Lipinski definition) is 2. The first-order chi connectivity index (χ1) is 10.6. The van der Waals surface area contributed by atoms with Gasteiger partial charge in [0.2, 0.25) is 5.91 Å². The molecule has 1 saturated carbocycles. The van der Waals surface area contributed by atoms with Crippen molar-refractivity contribution in [1.82, 2.24) is 9.80 Å². The number of aliphatic hydroxyl groups is 1. The summed E-state index contributed by atoms with van der Waals surface area (Å²) in [6.45, 7) is 3.92. The number of phenols is 1. The van der Waals surface area contributed by atoms with Gasteiger partial charge in [-0.1, -0.05) is 12.1 Å². The zero-order valence-electron chi connectivity index (χ0n) is 12.8. The van der Waals surface area contributed by atoms with E-state index in [0.717, 1.165) is 57.5 Å². The van der Waals surface area contributed by atoms with Gasteiger partial charge in [-0.3, -0.25) is 9.69 Å². The lowest BCUT2D eigenvalue weighted by Gasteiger charge is -2.36. The van der Waals surface area contributed by atoms with Gasteiger partial charge >= 0.3 is 0 Å². The maximum absolute atomic E-state index is 12.4. The number of nitrogens with zero attached hydrogens (tertiary/aromatic N) is 2. The van der Waals surface area contributed by atoms with E-state index in [2.05, 4.69) is 4.90 Å². The number of carbonyl (C=O) groups excluding carboxylic acids is 1. The Bertz CT molecular complexity index is 526. The standard InChI is InChI=1S/C17H24N2O3/c20-14-4-1-3-13(11-14)12-18-7-9-19(10-8-18)17(22)15-5-2-6-16(15)21/h1,3-4,11,15-16,20-21H,2,5-10,12H2. The molecule has 3 rings (SSSR count). The van der Waals surface area contributed by atoms with E-state index in [1.165, 1.54) is 0 Å². The van der Waals surface area contributed by atoms with Gasteiger partial charge in [-0.25, -0.2) is 0 Å². The molecule has 2 aliphatic rings. The molecule has 0 radical (unpaired) electrons. The van der Waals surface area contributed by atoms with E-state index in [4.69, 9.17) is 0 Å². The summed E-state index contributed by atoms with van der Waals surface area (Å²) in [4.78, 5) is 16.6. The predicted octanol–water partition coefficient (Wildman–Crippen LogP) is 1.20. The molecule has 22 heavy (non-hydrogen) atoms. The van der Waals surface area contributed by atoms with Crippen LogP contribution in [0.5, 0.6) is 5.75 Å². The summed E-state index contributed by atoms with van der Waals surface area (Å²) in [7, 11) is 0. The number of aliphatic hydroxyl groups excluding tert-OH is 1. The molecule has 2 atom stereocenters. The molecule has 1 heterocycles. The maximum atomic E-state index is 12.4. The van der Waals surface area contributed by atoms with Crippen LogP contribution in [0.3, 0.4) is 0 Å². The van der Waals surface area contributed by atoms with Gasteiger partial charge in [0.15, 0.2) is 0 Å². The van der Waals surface area contributed by atoms with Gasteiger partial charge < -0.3 is 15.1 Å². The van der Waals surface area contributed by atoms with Crippen LogP contribution >= 0.6 is 0 Å². The molecular weight excluding hydrogens is 280 g/mol. The fourth-order valence-corrected chi connectivity index (χ4v) is 3.50. The molecule has 5 heteroatoms. The van der Waals surface area contributed by atoms with Gasteiger partial charge in [-0.15, -0.1) is 0 Å². The first-order valence-electron chi connectivity index (χ1n) is 8.10. The highest BCUT2D eigenvalue weighted by molar-refractivity contribution is 5.79. The van der Waals surface area contributed by atoms with Crippen LogP contribution in [-0.2, 0) is 11.3 Å². The molecule has 0 aromatic heterocycles. The van der Waals surface area contributed by atoms with Crippen molar-refractivity contribution in [1.29, 1.82) is 0 Å². The minimum absolute atomic E-state index is 0.127. The number of carbonyl (C=O) groups is 1. The highest BCUT2D eigenvalue weighted by atomic mass is 16.3. The van der Waals surface area contributed by atoms with Crippen molar-refractivity contribution in [3.05, 3.63) is 29.8 Å². The monoisotopic (exact) mass is 304 g/mol. The largest absolute Gasteiger partial charge is 0.508 e. The van der Waals surface area contributed by atoms with Gasteiger partial charge in [0, 0.05) is 32.7 Å². The number of hydrogen-bond acceptors (Lipinski definition) is 4. The second-order valence-corrected chi connectivity index (χ2v) is 6.38. The summed E-state index contributed by atoms with van der Waals surface area (Å²) < 4.78 is 0. The average Bonchev–Trinajstić information content (AvgIpc) is 2.93. The number of benzene rings is 1. The quantitative estimate of drug-likeness (QED) is 0.881. The molecule has 5 nitrogen and oxygen atoms in total. The summed E-state index contributed by atoms with van der Waals surface area (Å²) in [5.41, 5.74) is 1.09. The van der Waals surface area contributed by atoms with Crippen molar-refractivity contribution in [2.24, 2.45) is 5.92 Å². The third kappa shape index (κ3) is 3.42. The molecule has 120 valence electrons. The van der Waals surface area contributed by atoms with Crippen molar-refractivity contribution >= 4 is 5.91 Å². The third-order valence-electron chi connectivity index (χ3n) is 4.80. The van der Waals surface area contributed by atoms with Crippen LogP contribution < -0.4 is 0 Å². The second-order valence-electron chi connectivity index (χ2n) is 6.38. The van der Waals surface area contributed by atoms with Crippen LogP contribution in [0.25, 0.3) is 0 Å². The van der Waals surface area contributed by atoms with Crippen molar-refractivity contribution in [3.63, 3.8) is 0 Å². The first kappa shape index (κ1) is 15.3. The lowest BCUT2D eigenvalue weighted by Crippen LogP contribution is -2.50. The first-order valence-corrected chi connectivity index (χ1v) is 8.10. The molecule has 0 spiro atoms. The Morgan fingerprint density at radius 3 is 2.59 bits per heavy atom. The molecule has 1 saturated heterocycles. The smallest absolute Gasteiger partial charge is 0.228 e. The van der Waals surface area contributed by atoms with Gasteiger partial charge in [0.25, 0.3) is 0 Å². The number of phenolic OH excluding ortho intramolecular Hbond substituents is 1. The minimum Gasteiger partial charge on any atom is -0.508 e. The maximum Gasteiger partial charge on any atom is 0.228 e. The molecule has 2 unspecified atom stereocenters. The van der Waals surface area contributed by atoms with E-state index in [-0.39, 0.29) is 11.8 Å². The number of piperazine rings is 1. The summed E-state index contributed by atoms with van der Waals surface area (Å²) in [6.07, 6.45) is 2.09. The van der Waals surface area contributed by atoms with Crippen molar-refractivity contribution in [2.75, 3.05) is 26.2 Å². The lowest BCUT2D eigenvalue weighted by atomic mass is 10.0. The molecule has 0 bridgehead atoms. The number of amides is 1. The van der Waals surface area contributed by atoms with Crippen LogP contribution in [0, 0.1) is 5.92 Å². The van der Waals surface area contributed by atoms with Gasteiger partial charge in [-0.2, -0.15) is 0 Å². The number of rotatable bonds is 3. The summed E-state index contributed by atoms with van der Waals surface area (Å²) >= 11 is 0. The van der Waals surface area contributed by atoms with E-state index in [1.807, 2.05) is 17.0 Å². The fraction of sp³-hybridized carbons (Fsp3) is 0.588. The second kappa shape index (κ2) is 6.67. The Hall–Kier alpha value is -1.59. The third-order valence-corrected chi connectivity index (χ3v) is 4.80. The van der Waals surface area contributed by atoms with Gasteiger partial charge in [-0.05, 0) is 37.0 Å². The lowest BCUT2D eigenvalue weighted by molar-refractivity contribution is -0.140. The molecule has 2 fully saturated rings.